The molecule has 1 saturated carbocycles. The quantitative estimate of drug-likeness (QED) is 0.719. The van der Waals surface area contributed by atoms with E-state index in [-0.39, 0.29) is 5.92 Å². The zero-order valence-corrected chi connectivity index (χ0v) is 9.79. The normalized spacial score (nSPS) is 31.2. The minimum absolute atomic E-state index is 0.00523. The van der Waals surface area contributed by atoms with Gasteiger partial charge in [0.2, 0.25) is 0 Å². The number of hydrogen-bond donors (Lipinski definition) is 1. The van der Waals surface area contributed by atoms with Gasteiger partial charge in [-0.3, -0.25) is 0 Å². The van der Waals surface area contributed by atoms with Crippen molar-refractivity contribution in [1.29, 1.82) is 0 Å². The first-order chi connectivity index (χ1) is 7.19. The zero-order valence-electron chi connectivity index (χ0n) is 9.79. The van der Waals surface area contributed by atoms with Crippen LogP contribution in [0.4, 0.5) is 4.39 Å². The largest absolute Gasteiger partial charge is 0.366 e. The van der Waals surface area contributed by atoms with Crippen LogP contribution in [0.3, 0.4) is 0 Å². The molecule has 15 heavy (non-hydrogen) atoms. The Hall–Kier alpha value is -0.150. The maximum absolute atomic E-state index is 13.7. The number of halogens is 1. The standard InChI is InChI=1S/C12H23FO2/c1-3-9-5-7-10(8-6-9)11(13)12(14)15-4-2/h9-12,14H,3-8H2,1-2H3. The van der Waals surface area contributed by atoms with Crippen LogP contribution in [0.1, 0.15) is 46.0 Å². The molecule has 3 heteroatoms. The molecule has 1 aliphatic carbocycles. The van der Waals surface area contributed by atoms with Crippen molar-refractivity contribution in [2.75, 3.05) is 6.61 Å². The topological polar surface area (TPSA) is 29.5 Å². The van der Waals surface area contributed by atoms with Crippen molar-refractivity contribution >= 4 is 0 Å². The predicted molar refractivity (Wildman–Crippen MR) is 58.3 cm³/mol. The maximum atomic E-state index is 13.7. The molecule has 90 valence electrons. The first kappa shape index (κ1) is 12.9. The summed E-state index contributed by atoms with van der Waals surface area (Å²) >= 11 is 0. The SMILES string of the molecule is CCOC(O)C(F)C1CCC(CC)CC1. The molecule has 2 nitrogen and oxygen atoms in total. The molecule has 0 aromatic carbocycles. The smallest absolute Gasteiger partial charge is 0.186 e. The third kappa shape index (κ3) is 3.72. The summed E-state index contributed by atoms with van der Waals surface area (Å²) in [7, 11) is 0. The van der Waals surface area contributed by atoms with E-state index in [1.165, 1.54) is 6.42 Å². The van der Waals surface area contributed by atoms with E-state index >= 15 is 0 Å². The molecule has 0 heterocycles. The van der Waals surface area contributed by atoms with Crippen LogP contribution in [-0.4, -0.2) is 24.2 Å². The van der Waals surface area contributed by atoms with Crippen molar-refractivity contribution in [3.8, 4) is 0 Å². The Kier molecular flexibility index (Phi) is 5.54. The van der Waals surface area contributed by atoms with Crippen LogP contribution in [0.2, 0.25) is 0 Å². The molecular weight excluding hydrogens is 195 g/mol. The highest BCUT2D eigenvalue weighted by molar-refractivity contribution is 4.78. The first-order valence-electron chi connectivity index (χ1n) is 6.12. The Morgan fingerprint density at radius 3 is 2.33 bits per heavy atom. The first-order valence-corrected chi connectivity index (χ1v) is 6.12. The molecule has 1 rings (SSSR count). The van der Waals surface area contributed by atoms with Gasteiger partial charge in [-0.2, -0.15) is 0 Å². The van der Waals surface area contributed by atoms with Gasteiger partial charge in [-0.05, 0) is 31.6 Å². The fourth-order valence-corrected chi connectivity index (χ4v) is 2.41. The van der Waals surface area contributed by atoms with Gasteiger partial charge in [0.15, 0.2) is 12.5 Å². The summed E-state index contributed by atoms with van der Waals surface area (Å²) in [6.45, 7) is 4.32. The predicted octanol–water partition coefficient (Wildman–Crippen LogP) is 2.90. The van der Waals surface area contributed by atoms with Crippen LogP contribution in [0, 0.1) is 11.8 Å². The lowest BCUT2D eigenvalue weighted by atomic mass is 9.79. The molecule has 0 spiro atoms. The molecule has 0 aromatic heterocycles. The monoisotopic (exact) mass is 218 g/mol. The lowest BCUT2D eigenvalue weighted by Gasteiger charge is -2.31. The third-order valence-corrected chi connectivity index (χ3v) is 3.53. The Balaban J connectivity index is 2.32. The van der Waals surface area contributed by atoms with Gasteiger partial charge >= 0.3 is 0 Å². The summed E-state index contributed by atoms with van der Waals surface area (Å²) in [6.07, 6.45) is 2.74. The van der Waals surface area contributed by atoms with Crippen LogP contribution in [0.5, 0.6) is 0 Å². The summed E-state index contributed by atoms with van der Waals surface area (Å²) < 4.78 is 18.6. The molecule has 1 aliphatic rings. The van der Waals surface area contributed by atoms with Crippen LogP contribution >= 0.6 is 0 Å². The molecule has 0 aliphatic heterocycles. The zero-order chi connectivity index (χ0) is 11.3. The van der Waals surface area contributed by atoms with Gasteiger partial charge in [0.05, 0.1) is 0 Å². The number of aliphatic hydroxyl groups excluding tert-OH is 1. The van der Waals surface area contributed by atoms with E-state index in [1.807, 2.05) is 0 Å². The van der Waals surface area contributed by atoms with E-state index in [0.29, 0.717) is 6.61 Å². The van der Waals surface area contributed by atoms with Gasteiger partial charge in [-0.1, -0.05) is 26.2 Å². The van der Waals surface area contributed by atoms with Crippen molar-refractivity contribution in [3.63, 3.8) is 0 Å². The number of rotatable bonds is 5. The summed E-state index contributed by atoms with van der Waals surface area (Å²) in [5, 5.41) is 9.40. The molecule has 0 amide bonds. The number of ether oxygens (including phenoxy) is 1. The Labute approximate surface area is 91.8 Å². The lowest BCUT2D eigenvalue weighted by Crippen LogP contribution is -2.34. The Bertz CT molecular complexity index is 167. The fourth-order valence-electron chi connectivity index (χ4n) is 2.41. The van der Waals surface area contributed by atoms with Crippen LogP contribution in [0.25, 0.3) is 0 Å². The fraction of sp³-hybridized carbons (Fsp3) is 1.00. The van der Waals surface area contributed by atoms with Crippen LogP contribution in [0.15, 0.2) is 0 Å². The van der Waals surface area contributed by atoms with E-state index in [0.717, 1.165) is 31.6 Å². The minimum Gasteiger partial charge on any atom is -0.366 e. The molecule has 1 fully saturated rings. The highest BCUT2D eigenvalue weighted by Gasteiger charge is 2.31. The van der Waals surface area contributed by atoms with Gasteiger partial charge < -0.3 is 9.84 Å². The highest BCUT2D eigenvalue weighted by atomic mass is 19.1. The molecule has 2 unspecified atom stereocenters. The van der Waals surface area contributed by atoms with Crippen molar-refractivity contribution in [2.45, 2.75) is 58.4 Å². The molecule has 1 N–H and O–H groups in total. The summed E-state index contributed by atoms with van der Waals surface area (Å²) in [4.78, 5) is 0. The molecule has 2 atom stereocenters. The molecule has 0 saturated heterocycles. The number of hydrogen-bond acceptors (Lipinski definition) is 2. The highest BCUT2D eigenvalue weighted by Crippen LogP contribution is 2.34. The van der Waals surface area contributed by atoms with Crippen molar-refractivity contribution in [2.24, 2.45) is 11.8 Å². The van der Waals surface area contributed by atoms with E-state index in [9.17, 15) is 9.50 Å². The Morgan fingerprint density at radius 2 is 1.87 bits per heavy atom. The maximum Gasteiger partial charge on any atom is 0.186 e. The van der Waals surface area contributed by atoms with E-state index in [4.69, 9.17) is 4.74 Å². The van der Waals surface area contributed by atoms with Crippen molar-refractivity contribution in [1.82, 2.24) is 0 Å². The summed E-state index contributed by atoms with van der Waals surface area (Å²) in [5.41, 5.74) is 0. The average Bonchev–Trinajstić information content (AvgIpc) is 2.28. The van der Waals surface area contributed by atoms with Gasteiger partial charge in [0.25, 0.3) is 0 Å². The second kappa shape index (κ2) is 6.44. The molecule has 0 aromatic rings. The van der Waals surface area contributed by atoms with Crippen molar-refractivity contribution < 1.29 is 14.2 Å². The second-order valence-electron chi connectivity index (χ2n) is 4.48. The Morgan fingerprint density at radius 1 is 1.27 bits per heavy atom. The molecular formula is C12H23FO2. The van der Waals surface area contributed by atoms with Gasteiger partial charge in [0, 0.05) is 6.61 Å². The van der Waals surface area contributed by atoms with E-state index in [1.54, 1.807) is 6.92 Å². The lowest BCUT2D eigenvalue weighted by molar-refractivity contribution is -0.153. The summed E-state index contributed by atoms with van der Waals surface area (Å²) in [6, 6.07) is 0. The van der Waals surface area contributed by atoms with Crippen molar-refractivity contribution in [3.05, 3.63) is 0 Å². The third-order valence-electron chi connectivity index (χ3n) is 3.53. The van der Waals surface area contributed by atoms with Gasteiger partial charge in [0.1, 0.15) is 0 Å². The van der Waals surface area contributed by atoms with Gasteiger partial charge in [-0.15, -0.1) is 0 Å². The second-order valence-corrected chi connectivity index (χ2v) is 4.48. The van der Waals surface area contributed by atoms with E-state index in [2.05, 4.69) is 6.92 Å². The summed E-state index contributed by atoms with van der Waals surface area (Å²) in [5.74, 6) is 0.757. The van der Waals surface area contributed by atoms with Crippen LogP contribution < -0.4 is 0 Å². The molecule has 0 radical (unpaired) electrons. The average molecular weight is 218 g/mol. The van der Waals surface area contributed by atoms with E-state index < -0.39 is 12.5 Å². The van der Waals surface area contributed by atoms with Gasteiger partial charge in [-0.25, -0.2) is 4.39 Å². The number of aliphatic hydroxyl groups is 1. The van der Waals surface area contributed by atoms with Crippen LogP contribution in [-0.2, 0) is 4.74 Å². The number of alkyl halides is 1. The minimum atomic E-state index is -1.22. The molecule has 0 bridgehead atoms.